The summed E-state index contributed by atoms with van der Waals surface area (Å²) in [6.45, 7) is 4.90. The van der Waals surface area contributed by atoms with E-state index in [9.17, 15) is 31.6 Å². The number of aromatic nitrogens is 16. The van der Waals surface area contributed by atoms with Crippen LogP contribution in [0.3, 0.4) is 0 Å². The standard InChI is InChI=1S/C27H22F3N9O.C26H22BrF3N8O.3CH4/c1-3-38-13-20(27(28,29)30)35-24(38)17-6-4-15(5-7-17)12-39-25-18(19(10-31)37-39)11-32-23(36-25)21-22(16-8-9-16)33-14-34-26(21)40-2;1-3-37-12-18(26(28,29)30)34-23(37)16-6-4-14(5-7-16)11-38-24-17(21(27)36-38)10-31-22(35-24)19-20(15-8-9-15)32-13-33-25(19)39-2;;;/h4-7,11,13-14,16H,3,8-9,12H2,1-2H3;4-7,10,12-13,15H,3,8-9,11H2,1-2H3;3*1H4. The summed E-state index contributed by atoms with van der Waals surface area (Å²) < 4.78 is 97.1. The minimum Gasteiger partial charge on any atom is -0.480 e. The molecule has 426 valence electrons. The molecule has 26 heteroatoms. The number of hydrogen-bond acceptors (Lipinski definition) is 15. The molecular weight excluding hydrogens is 1140 g/mol. The van der Waals surface area contributed by atoms with Gasteiger partial charge in [0.1, 0.15) is 46.1 Å². The monoisotopic (exact) mass is 1190 g/mol. The number of rotatable bonds is 14. The summed E-state index contributed by atoms with van der Waals surface area (Å²) in [6.07, 6.45) is 3.38. The summed E-state index contributed by atoms with van der Waals surface area (Å²) >= 11 is 3.50. The van der Waals surface area contributed by atoms with Gasteiger partial charge in [-0.2, -0.15) is 41.8 Å². The maximum Gasteiger partial charge on any atom is 0.434 e. The molecule has 2 aliphatic rings. The second-order valence-electron chi connectivity index (χ2n) is 18.6. The normalized spacial score (nSPS) is 13.1. The number of ether oxygens (including phenoxy) is 2. The van der Waals surface area contributed by atoms with E-state index in [4.69, 9.17) is 19.4 Å². The molecular formula is C56H56BrF6N17O2. The average molecular weight is 1190 g/mol. The molecule has 12 rings (SSSR count). The Morgan fingerprint density at radius 2 is 1.00 bits per heavy atom. The van der Waals surface area contributed by atoms with E-state index in [-0.39, 0.29) is 46.2 Å². The van der Waals surface area contributed by atoms with Crippen LogP contribution in [-0.4, -0.2) is 92.8 Å². The molecule has 8 heterocycles. The zero-order valence-corrected chi connectivity index (χ0v) is 44.0. The molecule has 0 saturated heterocycles. The van der Waals surface area contributed by atoms with Crippen molar-refractivity contribution in [2.45, 2.75) is 112 Å². The first kappa shape index (κ1) is 59.4. The van der Waals surface area contributed by atoms with Gasteiger partial charge in [0.15, 0.2) is 40.0 Å². The highest BCUT2D eigenvalue weighted by Crippen LogP contribution is 2.46. The molecule has 2 aliphatic carbocycles. The number of halogens is 7. The number of nitriles is 1. The molecule has 10 aromatic rings. The lowest BCUT2D eigenvalue weighted by Crippen LogP contribution is -2.05. The zero-order chi connectivity index (χ0) is 55.3. The molecule has 0 radical (unpaired) electrons. The smallest absolute Gasteiger partial charge is 0.434 e. The second-order valence-corrected chi connectivity index (χ2v) is 19.4. The zero-order valence-electron chi connectivity index (χ0n) is 42.5. The van der Waals surface area contributed by atoms with E-state index < -0.39 is 23.7 Å². The van der Waals surface area contributed by atoms with Crippen LogP contribution in [0, 0.1) is 11.3 Å². The summed E-state index contributed by atoms with van der Waals surface area (Å²) in [4.78, 5) is 43.8. The first-order chi connectivity index (χ1) is 38.1. The van der Waals surface area contributed by atoms with E-state index in [2.05, 4.69) is 72.1 Å². The van der Waals surface area contributed by atoms with Gasteiger partial charge in [-0.3, -0.25) is 0 Å². The largest absolute Gasteiger partial charge is 0.480 e. The molecule has 19 nitrogen and oxygen atoms in total. The van der Waals surface area contributed by atoms with Crippen molar-refractivity contribution in [1.82, 2.24) is 78.5 Å². The van der Waals surface area contributed by atoms with Crippen LogP contribution in [0.25, 0.3) is 67.6 Å². The van der Waals surface area contributed by atoms with Crippen LogP contribution >= 0.6 is 15.9 Å². The molecule has 82 heavy (non-hydrogen) atoms. The predicted molar refractivity (Wildman–Crippen MR) is 297 cm³/mol. The van der Waals surface area contributed by atoms with Gasteiger partial charge in [0.2, 0.25) is 11.8 Å². The van der Waals surface area contributed by atoms with E-state index in [0.717, 1.165) is 66.0 Å². The Morgan fingerprint density at radius 3 is 1.39 bits per heavy atom. The second kappa shape index (κ2) is 23.8. The van der Waals surface area contributed by atoms with Gasteiger partial charge in [0.25, 0.3) is 0 Å². The molecule has 0 spiro atoms. The van der Waals surface area contributed by atoms with Gasteiger partial charge in [0, 0.05) is 60.8 Å². The van der Waals surface area contributed by atoms with Crippen molar-refractivity contribution in [1.29, 1.82) is 5.26 Å². The maximum absolute atomic E-state index is 13.2. The minimum atomic E-state index is -4.52. The Labute approximate surface area is 475 Å². The van der Waals surface area contributed by atoms with Gasteiger partial charge in [-0.05, 0) is 66.6 Å². The first-order valence-corrected chi connectivity index (χ1v) is 25.6. The van der Waals surface area contributed by atoms with Crippen LogP contribution in [0.5, 0.6) is 11.8 Å². The van der Waals surface area contributed by atoms with E-state index in [1.807, 2.05) is 12.1 Å². The molecule has 2 fully saturated rings. The lowest BCUT2D eigenvalue weighted by atomic mass is 10.1. The van der Waals surface area contributed by atoms with E-state index >= 15 is 0 Å². The number of fused-ring (bicyclic) bond motifs is 2. The number of aryl methyl sites for hydroxylation is 2. The molecule has 0 atom stereocenters. The summed E-state index contributed by atoms with van der Waals surface area (Å²) in [7, 11) is 3.09. The number of benzene rings is 2. The summed E-state index contributed by atoms with van der Waals surface area (Å²) in [5.74, 6) is 2.76. The summed E-state index contributed by atoms with van der Waals surface area (Å²) in [6, 6.07) is 16.3. The van der Waals surface area contributed by atoms with Gasteiger partial charge in [-0.15, -0.1) is 0 Å². The molecule has 0 N–H and O–H groups in total. The maximum atomic E-state index is 13.2. The Bertz CT molecular complexity index is 3950. The van der Waals surface area contributed by atoms with Crippen molar-refractivity contribution >= 4 is 38.0 Å². The molecule has 8 aromatic heterocycles. The third kappa shape index (κ3) is 11.7. The van der Waals surface area contributed by atoms with E-state index in [0.29, 0.717) is 98.4 Å². The van der Waals surface area contributed by atoms with Gasteiger partial charge in [0.05, 0.1) is 49.5 Å². The molecule has 0 aliphatic heterocycles. The minimum absolute atomic E-state index is 0. The lowest BCUT2D eigenvalue weighted by Gasteiger charge is -2.11. The number of imidazole rings is 2. The van der Waals surface area contributed by atoms with Crippen LogP contribution < -0.4 is 9.47 Å². The number of methoxy groups -OCH3 is 2. The number of alkyl halides is 6. The number of nitrogens with zero attached hydrogens (tertiary/aromatic N) is 17. The average Bonchev–Trinajstić information content (AvgIpc) is 3.85. The van der Waals surface area contributed by atoms with Crippen LogP contribution in [0.4, 0.5) is 26.3 Å². The highest BCUT2D eigenvalue weighted by Gasteiger charge is 2.37. The molecule has 0 amide bonds. The fourth-order valence-electron chi connectivity index (χ4n) is 9.16. The van der Waals surface area contributed by atoms with Crippen molar-refractivity contribution in [3.8, 4) is 63.4 Å². The van der Waals surface area contributed by atoms with Crippen molar-refractivity contribution in [2.24, 2.45) is 0 Å². The van der Waals surface area contributed by atoms with Gasteiger partial charge in [-0.1, -0.05) is 70.8 Å². The van der Waals surface area contributed by atoms with E-state index in [1.54, 1.807) is 79.1 Å². The van der Waals surface area contributed by atoms with Crippen molar-refractivity contribution in [3.63, 3.8) is 0 Å². The summed E-state index contributed by atoms with van der Waals surface area (Å²) in [5, 5.41) is 19.9. The third-order valence-corrected chi connectivity index (χ3v) is 14.0. The first-order valence-electron chi connectivity index (χ1n) is 24.9. The van der Waals surface area contributed by atoms with Gasteiger partial charge in [-0.25, -0.2) is 59.2 Å². The Morgan fingerprint density at radius 1 is 0.585 bits per heavy atom. The number of hydrogen-bond donors (Lipinski definition) is 0. The van der Waals surface area contributed by atoms with Crippen molar-refractivity contribution < 1.29 is 35.8 Å². The Hall–Kier alpha value is -8.73. The molecule has 0 unspecified atom stereocenters. The summed E-state index contributed by atoms with van der Waals surface area (Å²) in [5.41, 5.74) is 5.26. The Kier molecular flexibility index (Phi) is 17.2. The van der Waals surface area contributed by atoms with Gasteiger partial charge < -0.3 is 18.6 Å². The van der Waals surface area contributed by atoms with Crippen molar-refractivity contribution in [3.05, 3.63) is 130 Å². The molecule has 0 bridgehead atoms. The molecule has 2 aromatic carbocycles. The predicted octanol–water partition coefficient (Wildman–Crippen LogP) is 12.8. The van der Waals surface area contributed by atoms with Crippen LogP contribution in [0.1, 0.15) is 113 Å². The molecule has 2 saturated carbocycles. The lowest BCUT2D eigenvalue weighted by molar-refractivity contribution is -0.141. The van der Waals surface area contributed by atoms with Gasteiger partial charge >= 0.3 is 12.4 Å². The third-order valence-electron chi connectivity index (χ3n) is 13.4. The van der Waals surface area contributed by atoms with Crippen LogP contribution in [-0.2, 0) is 38.5 Å². The Balaban J connectivity index is 0.000000207. The van der Waals surface area contributed by atoms with Crippen LogP contribution in [0.2, 0.25) is 0 Å². The highest BCUT2D eigenvalue weighted by molar-refractivity contribution is 9.10. The topological polar surface area (TPSA) is 217 Å². The van der Waals surface area contributed by atoms with E-state index in [1.165, 1.54) is 28.9 Å². The highest BCUT2D eigenvalue weighted by atomic mass is 79.9. The SMILES string of the molecule is C.C.C.CCn1cc(C(F)(F)F)nc1-c1ccc(Cn2nc(Br)c3cnc(-c4c(OC)ncnc4C4CC4)nc32)cc1.CCn1cc(C(F)(F)F)nc1-c1ccc(Cn2nc(C#N)c3cnc(-c4c(OC)ncnc4C4CC4)nc32)cc1. The fraction of sp³-hybridized carbons (Fsp3) is 0.339. The quantitative estimate of drug-likeness (QED) is 0.0925. The van der Waals surface area contributed by atoms with Crippen LogP contribution in [0.15, 0.2) is 90.6 Å². The van der Waals surface area contributed by atoms with Crippen molar-refractivity contribution in [2.75, 3.05) is 14.2 Å². The fourth-order valence-corrected chi connectivity index (χ4v) is 9.64.